The van der Waals surface area contributed by atoms with Gasteiger partial charge in [-0.25, -0.2) is 4.79 Å². The summed E-state index contributed by atoms with van der Waals surface area (Å²) in [6.45, 7) is 0. The first-order valence-electron chi connectivity index (χ1n) is 3.98. The van der Waals surface area contributed by atoms with Crippen LogP contribution in [-0.4, -0.2) is 4.92 Å². The lowest BCUT2D eigenvalue weighted by Gasteiger charge is -2.07. The quantitative estimate of drug-likeness (QED) is 0.390. The Hall–Kier alpha value is -2.37. The molecule has 0 bridgehead atoms. The predicted octanol–water partition coefficient (Wildman–Crippen LogP) is 0.775. The molecule has 2 aromatic rings. The van der Waals surface area contributed by atoms with Crippen LogP contribution < -0.4 is 10.7 Å². The van der Waals surface area contributed by atoms with Crippen molar-refractivity contribution in [1.29, 1.82) is 0 Å². The standard InChI is InChI=1S/C9H5NO5/c11-8-5-3-1-2-4-6(5)15-9(12)7(8)10(13)14/h1-4,11H/p-1. The van der Waals surface area contributed by atoms with E-state index in [0.29, 0.717) is 0 Å². The van der Waals surface area contributed by atoms with E-state index in [1.54, 1.807) is 6.07 Å². The van der Waals surface area contributed by atoms with Crippen LogP contribution in [0, 0.1) is 10.1 Å². The Morgan fingerprint density at radius 2 is 1.93 bits per heavy atom. The molecule has 76 valence electrons. The summed E-state index contributed by atoms with van der Waals surface area (Å²) in [5, 5.41) is 22.0. The highest BCUT2D eigenvalue weighted by atomic mass is 16.6. The van der Waals surface area contributed by atoms with Crippen molar-refractivity contribution in [3.8, 4) is 5.75 Å². The third kappa shape index (κ3) is 1.32. The summed E-state index contributed by atoms with van der Waals surface area (Å²) in [5.74, 6) is -0.910. The SMILES string of the molecule is O=c1oc2ccccc2c([O-])c1[N+](=O)[O-]. The minimum atomic E-state index is -1.22. The van der Waals surface area contributed by atoms with E-state index in [4.69, 9.17) is 0 Å². The minimum Gasteiger partial charge on any atom is -0.867 e. The van der Waals surface area contributed by atoms with Crippen molar-refractivity contribution in [2.75, 3.05) is 0 Å². The lowest BCUT2D eigenvalue weighted by Crippen LogP contribution is -2.11. The summed E-state index contributed by atoms with van der Waals surface area (Å²) in [4.78, 5) is 20.5. The molecule has 0 aliphatic carbocycles. The Balaban J connectivity index is 2.97. The summed E-state index contributed by atoms with van der Waals surface area (Å²) < 4.78 is 4.64. The van der Waals surface area contributed by atoms with Gasteiger partial charge in [0.05, 0.1) is 4.92 Å². The molecule has 0 aliphatic rings. The van der Waals surface area contributed by atoms with Gasteiger partial charge in [-0.15, -0.1) is 0 Å². The average molecular weight is 206 g/mol. The second-order valence-corrected chi connectivity index (χ2v) is 2.82. The van der Waals surface area contributed by atoms with E-state index in [9.17, 15) is 20.0 Å². The first-order chi connectivity index (χ1) is 7.11. The van der Waals surface area contributed by atoms with Gasteiger partial charge in [0, 0.05) is 5.39 Å². The highest BCUT2D eigenvalue weighted by molar-refractivity contribution is 5.85. The molecule has 6 heteroatoms. The van der Waals surface area contributed by atoms with Crippen molar-refractivity contribution >= 4 is 16.7 Å². The van der Waals surface area contributed by atoms with Crippen LogP contribution in [0.3, 0.4) is 0 Å². The molecule has 1 aromatic carbocycles. The van der Waals surface area contributed by atoms with Gasteiger partial charge < -0.3 is 9.52 Å². The zero-order valence-electron chi connectivity index (χ0n) is 7.30. The molecule has 0 N–H and O–H groups in total. The fourth-order valence-corrected chi connectivity index (χ4v) is 1.27. The molecular weight excluding hydrogens is 202 g/mol. The summed E-state index contributed by atoms with van der Waals surface area (Å²) in [6.07, 6.45) is 0. The van der Waals surface area contributed by atoms with Crippen LogP contribution in [0.5, 0.6) is 5.75 Å². The maximum atomic E-state index is 11.5. The molecule has 0 amide bonds. The van der Waals surface area contributed by atoms with Gasteiger partial charge in [-0.05, 0) is 11.8 Å². The third-order valence-corrected chi connectivity index (χ3v) is 1.93. The molecule has 0 spiro atoms. The van der Waals surface area contributed by atoms with Gasteiger partial charge in [-0.1, -0.05) is 18.2 Å². The highest BCUT2D eigenvalue weighted by Crippen LogP contribution is 2.27. The molecule has 1 heterocycles. The first kappa shape index (κ1) is 9.20. The lowest BCUT2D eigenvalue weighted by atomic mass is 10.2. The van der Waals surface area contributed by atoms with E-state index in [1.165, 1.54) is 18.2 Å². The minimum absolute atomic E-state index is 0.0313. The molecule has 0 radical (unpaired) electrons. The van der Waals surface area contributed by atoms with Gasteiger partial charge in [0.25, 0.3) is 0 Å². The van der Waals surface area contributed by atoms with Gasteiger partial charge >= 0.3 is 11.3 Å². The Labute approximate surface area is 82.5 Å². The molecule has 15 heavy (non-hydrogen) atoms. The second-order valence-electron chi connectivity index (χ2n) is 2.82. The van der Waals surface area contributed by atoms with Gasteiger partial charge in [0.1, 0.15) is 5.58 Å². The molecule has 0 aliphatic heterocycles. The van der Waals surface area contributed by atoms with Gasteiger partial charge in [0.15, 0.2) is 0 Å². The summed E-state index contributed by atoms with van der Waals surface area (Å²) in [6, 6.07) is 5.87. The largest absolute Gasteiger partial charge is 0.867 e. The normalized spacial score (nSPS) is 10.4. The van der Waals surface area contributed by atoms with E-state index in [0.717, 1.165) is 0 Å². The number of hydrogen-bond donors (Lipinski definition) is 0. The molecular formula is C9H4NO5-. The van der Waals surface area contributed by atoms with Crippen molar-refractivity contribution < 1.29 is 14.4 Å². The van der Waals surface area contributed by atoms with E-state index in [2.05, 4.69) is 4.42 Å². The smallest absolute Gasteiger partial charge is 0.414 e. The zero-order chi connectivity index (χ0) is 11.0. The maximum absolute atomic E-state index is 11.5. The average Bonchev–Trinajstić information content (AvgIpc) is 2.17. The Bertz CT molecular complexity index is 601. The van der Waals surface area contributed by atoms with Gasteiger partial charge in [0.2, 0.25) is 0 Å². The van der Waals surface area contributed by atoms with Crippen LogP contribution in [0.15, 0.2) is 33.5 Å². The van der Waals surface area contributed by atoms with Crippen LogP contribution in [0.4, 0.5) is 5.69 Å². The molecule has 1 aromatic heterocycles. The fourth-order valence-electron chi connectivity index (χ4n) is 1.27. The van der Waals surface area contributed by atoms with E-state index < -0.39 is 22.0 Å². The number of para-hydroxylation sites is 1. The molecule has 0 fully saturated rings. The highest BCUT2D eigenvalue weighted by Gasteiger charge is 2.17. The van der Waals surface area contributed by atoms with E-state index in [-0.39, 0.29) is 11.0 Å². The Morgan fingerprint density at radius 3 is 2.60 bits per heavy atom. The van der Waals surface area contributed by atoms with Crippen LogP contribution >= 0.6 is 0 Å². The molecule has 0 unspecified atom stereocenters. The van der Waals surface area contributed by atoms with Crippen LogP contribution in [0.2, 0.25) is 0 Å². The lowest BCUT2D eigenvalue weighted by molar-refractivity contribution is -0.400. The fraction of sp³-hybridized carbons (Fsp3) is 0. The molecule has 2 rings (SSSR count). The third-order valence-electron chi connectivity index (χ3n) is 1.93. The number of hydrogen-bond acceptors (Lipinski definition) is 5. The Kier molecular flexibility index (Phi) is 1.89. The van der Waals surface area contributed by atoms with Crippen molar-refractivity contribution in [2.45, 2.75) is 0 Å². The number of benzene rings is 1. The maximum Gasteiger partial charge on any atom is 0.414 e. The molecule has 0 saturated heterocycles. The number of nitro groups is 1. The summed E-state index contributed by atoms with van der Waals surface area (Å²) in [7, 11) is 0. The molecule has 6 nitrogen and oxygen atoms in total. The van der Waals surface area contributed by atoms with Crippen LogP contribution in [0.25, 0.3) is 11.0 Å². The predicted molar refractivity (Wildman–Crippen MR) is 48.6 cm³/mol. The van der Waals surface area contributed by atoms with Crippen LogP contribution in [-0.2, 0) is 0 Å². The number of rotatable bonds is 1. The van der Waals surface area contributed by atoms with Gasteiger partial charge in [-0.3, -0.25) is 10.1 Å². The number of nitrogens with zero attached hydrogens (tertiary/aromatic N) is 1. The Morgan fingerprint density at radius 1 is 1.27 bits per heavy atom. The number of fused-ring (bicyclic) bond motifs is 1. The topological polar surface area (TPSA) is 96.4 Å². The van der Waals surface area contributed by atoms with Crippen LogP contribution in [0.1, 0.15) is 0 Å². The second kappa shape index (κ2) is 3.09. The van der Waals surface area contributed by atoms with E-state index in [1.807, 2.05) is 0 Å². The monoisotopic (exact) mass is 206 g/mol. The van der Waals surface area contributed by atoms with Crippen molar-refractivity contribution in [2.24, 2.45) is 0 Å². The summed E-state index contributed by atoms with van der Waals surface area (Å²) >= 11 is 0. The van der Waals surface area contributed by atoms with Gasteiger partial charge in [-0.2, -0.15) is 0 Å². The molecule has 0 atom stereocenters. The summed E-state index contributed by atoms with van der Waals surface area (Å²) in [5.41, 5.74) is -2.21. The van der Waals surface area contributed by atoms with Crippen molar-refractivity contribution in [3.63, 3.8) is 0 Å². The van der Waals surface area contributed by atoms with E-state index >= 15 is 0 Å². The first-order valence-corrected chi connectivity index (χ1v) is 3.98. The van der Waals surface area contributed by atoms with Crippen molar-refractivity contribution in [1.82, 2.24) is 0 Å². The zero-order valence-corrected chi connectivity index (χ0v) is 7.30. The van der Waals surface area contributed by atoms with Crippen molar-refractivity contribution in [3.05, 3.63) is 44.8 Å². The molecule has 0 saturated carbocycles.